The van der Waals surface area contributed by atoms with Crippen molar-refractivity contribution in [1.29, 1.82) is 0 Å². The van der Waals surface area contributed by atoms with Crippen LogP contribution >= 0.6 is 0 Å². The summed E-state index contributed by atoms with van der Waals surface area (Å²) >= 11 is 0. The van der Waals surface area contributed by atoms with E-state index in [-0.39, 0.29) is 0 Å². The van der Waals surface area contributed by atoms with Crippen LogP contribution in [0, 0.1) is 0 Å². The van der Waals surface area contributed by atoms with E-state index in [2.05, 4.69) is 15.1 Å². The summed E-state index contributed by atoms with van der Waals surface area (Å²) in [4.78, 5) is 4.74. The topological polar surface area (TPSA) is 55.4 Å². The van der Waals surface area contributed by atoms with E-state index in [0.717, 1.165) is 88.6 Å². The summed E-state index contributed by atoms with van der Waals surface area (Å²) in [6.45, 7) is 10.4. The van der Waals surface area contributed by atoms with Gasteiger partial charge < -0.3 is 24.3 Å². The number of hydrogen-bond donors (Lipinski definition) is 1. The van der Waals surface area contributed by atoms with E-state index in [1.165, 1.54) is 0 Å². The van der Waals surface area contributed by atoms with Crippen molar-refractivity contribution in [1.82, 2.24) is 9.80 Å². The molecular formula is C24H33N3O4. The average Bonchev–Trinajstić information content (AvgIpc) is 2.82. The monoisotopic (exact) mass is 427 g/mol. The van der Waals surface area contributed by atoms with E-state index >= 15 is 0 Å². The van der Waals surface area contributed by atoms with Crippen LogP contribution in [0.4, 0.5) is 11.4 Å². The van der Waals surface area contributed by atoms with Gasteiger partial charge in [0.25, 0.3) is 0 Å². The van der Waals surface area contributed by atoms with Gasteiger partial charge in [0.15, 0.2) is 0 Å². The van der Waals surface area contributed by atoms with Crippen LogP contribution in [-0.2, 0) is 9.47 Å². The van der Waals surface area contributed by atoms with Gasteiger partial charge in [-0.3, -0.25) is 9.80 Å². The molecule has 2 heterocycles. The van der Waals surface area contributed by atoms with Gasteiger partial charge in [-0.2, -0.15) is 0 Å². The van der Waals surface area contributed by atoms with Crippen molar-refractivity contribution in [2.24, 2.45) is 0 Å². The summed E-state index contributed by atoms with van der Waals surface area (Å²) in [5, 5.41) is 3.43. The lowest BCUT2D eigenvalue weighted by molar-refractivity contribution is 0.0321. The normalized spacial score (nSPS) is 17.9. The molecule has 0 bridgehead atoms. The highest BCUT2D eigenvalue weighted by atomic mass is 16.5. The maximum absolute atomic E-state index is 5.95. The molecule has 0 amide bonds. The lowest BCUT2D eigenvalue weighted by atomic mass is 10.2. The predicted octanol–water partition coefficient (Wildman–Crippen LogP) is 2.85. The minimum atomic E-state index is 0.680. The van der Waals surface area contributed by atoms with Crippen molar-refractivity contribution in [2.75, 3.05) is 84.2 Å². The molecule has 1 N–H and O–H groups in total. The van der Waals surface area contributed by atoms with Crippen molar-refractivity contribution in [2.45, 2.75) is 0 Å². The minimum absolute atomic E-state index is 0.680. The number of hydrogen-bond acceptors (Lipinski definition) is 7. The van der Waals surface area contributed by atoms with Gasteiger partial charge in [-0.05, 0) is 36.4 Å². The van der Waals surface area contributed by atoms with Crippen molar-refractivity contribution in [3.63, 3.8) is 0 Å². The molecule has 7 heteroatoms. The Balaban J connectivity index is 1.20. The molecule has 0 aromatic heterocycles. The average molecular weight is 428 g/mol. The van der Waals surface area contributed by atoms with E-state index in [9.17, 15) is 0 Å². The maximum Gasteiger partial charge on any atom is 0.121 e. The second-order valence-corrected chi connectivity index (χ2v) is 7.78. The van der Waals surface area contributed by atoms with E-state index in [0.29, 0.717) is 13.2 Å². The molecule has 0 aliphatic carbocycles. The quantitative estimate of drug-likeness (QED) is 0.626. The van der Waals surface area contributed by atoms with Gasteiger partial charge >= 0.3 is 0 Å². The van der Waals surface area contributed by atoms with Crippen molar-refractivity contribution in [3.05, 3.63) is 48.5 Å². The zero-order chi connectivity index (χ0) is 21.1. The molecule has 2 aliphatic heterocycles. The molecule has 4 rings (SSSR count). The highest BCUT2D eigenvalue weighted by Gasteiger charge is 2.11. The fourth-order valence-electron chi connectivity index (χ4n) is 3.70. The fraction of sp³-hybridized carbons (Fsp3) is 0.500. The molecule has 168 valence electrons. The largest absolute Gasteiger partial charge is 0.492 e. The summed E-state index contributed by atoms with van der Waals surface area (Å²) in [6, 6.07) is 16.2. The highest BCUT2D eigenvalue weighted by molar-refractivity contribution is 5.61. The highest BCUT2D eigenvalue weighted by Crippen LogP contribution is 2.23. The number of ether oxygens (including phenoxy) is 4. The molecule has 2 aromatic carbocycles. The SMILES string of the molecule is c1cc(Nc2ccc(OCCN3CCOCC3)cc2)cc(OCCN2CCOCC2)c1. The van der Waals surface area contributed by atoms with Crippen LogP contribution in [0.1, 0.15) is 0 Å². The van der Waals surface area contributed by atoms with Crippen molar-refractivity contribution < 1.29 is 18.9 Å². The molecule has 0 radical (unpaired) electrons. The predicted molar refractivity (Wildman–Crippen MR) is 122 cm³/mol. The van der Waals surface area contributed by atoms with Crippen LogP contribution in [0.2, 0.25) is 0 Å². The molecule has 0 spiro atoms. The van der Waals surface area contributed by atoms with Crippen LogP contribution < -0.4 is 14.8 Å². The first-order valence-electron chi connectivity index (χ1n) is 11.2. The summed E-state index contributed by atoms with van der Waals surface area (Å²) < 4.78 is 22.6. The van der Waals surface area contributed by atoms with Gasteiger partial charge in [0.05, 0.1) is 26.4 Å². The van der Waals surface area contributed by atoms with Gasteiger partial charge in [-0.25, -0.2) is 0 Å². The molecule has 31 heavy (non-hydrogen) atoms. The Morgan fingerprint density at radius 3 is 1.87 bits per heavy atom. The molecule has 2 aromatic rings. The van der Waals surface area contributed by atoms with Crippen LogP contribution in [0.3, 0.4) is 0 Å². The van der Waals surface area contributed by atoms with Gasteiger partial charge in [0.2, 0.25) is 0 Å². The molecule has 7 nitrogen and oxygen atoms in total. The van der Waals surface area contributed by atoms with Crippen LogP contribution in [0.15, 0.2) is 48.5 Å². The van der Waals surface area contributed by atoms with E-state index in [1.807, 2.05) is 48.5 Å². The second-order valence-electron chi connectivity index (χ2n) is 7.78. The number of nitrogens with one attached hydrogen (secondary N) is 1. The number of rotatable bonds is 10. The molecule has 2 fully saturated rings. The van der Waals surface area contributed by atoms with Crippen LogP contribution in [-0.4, -0.2) is 88.7 Å². The summed E-state index contributed by atoms with van der Waals surface area (Å²) in [5.74, 6) is 1.76. The summed E-state index contributed by atoms with van der Waals surface area (Å²) in [6.07, 6.45) is 0. The van der Waals surface area contributed by atoms with Crippen LogP contribution in [0.5, 0.6) is 11.5 Å². The van der Waals surface area contributed by atoms with Gasteiger partial charge in [0, 0.05) is 56.7 Å². The molecule has 2 aliphatic rings. The Morgan fingerprint density at radius 1 is 0.677 bits per heavy atom. The van der Waals surface area contributed by atoms with Crippen molar-refractivity contribution >= 4 is 11.4 Å². The molecular weight excluding hydrogens is 394 g/mol. The summed E-state index contributed by atoms with van der Waals surface area (Å²) in [5.41, 5.74) is 2.02. The molecule has 0 atom stereocenters. The Bertz CT molecular complexity index is 775. The van der Waals surface area contributed by atoms with E-state index in [1.54, 1.807) is 0 Å². The zero-order valence-electron chi connectivity index (χ0n) is 18.1. The number of morpholine rings is 2. The number of nitrogens with zero attached hydrogens (tertiary/aromatic N) is 2. The third kappa shape index (κ3) is 7.40. The fourth-order valence-corrected chi connectivity index (χ4v) is 3.70. The first-order chi connectivity index (χ1) is 15.3. The Hall–Kier alpha value is -2.32. The molecule has 2 saturated heterocycles. The Kier molecular flexibility index (Phi) is 8.41. The first-order valence-corrected chi connectivity index (χ1v) is 11.2. The molecule has 0 saturated carbocycles. The van der Waals surface area contributed by atoms with E-state index < -0.39 is 0 Å². The number of benzene rings is 2. The summed E-state index contributed by atoms with van der Waals surface area (Å²) in [7, 11) is 0. The van der Waals surface area contributed by atoms with Crippen LogP contribution in [0.25, 0.3) is 0 Å². The molecule has 0 unspecified atom stereocenters. The Morgan fingerprint density at radius 2 is 1.26 bits per heavy atom. The van der Waals surface area contributed by atoms with Gasteiger partial charge in [-0.1, -0.05) is 6.07 Å². The van der Waals surface area contributed by atoms with Gasteiger partial charge in [-0.15, -0.1) is 0 Å². The minimum Gasteiger partial charge on any atom is -0.492 e. The maximum atomic E-state index is 5.95. The first kappa shape index (κ1) is 21.9. The van der Waals surface area contributed by atoms with Gasteiger partial charge in [0.1, 0.15) is 24.7 Å². The van der Waals surface area contributed by atoms with Crippen molar-refractivity contribution in [3.8, 4) is 11.5 Å². The van der Waals surface area contributed by atoms with E-state index in [4.69, 9.17) is 18.9 Å². The third-order valence-electron chi connectivity index (χ3n) is 5.54. The second kappa shape index (κ2) is 11.9. The smallest absolute Gasteiger partial charge is 0.121 e. The third-order valence-corrected chi connectivity index (χ3v) is 5.54. The Labute approximate surface area is 184 Å². The lowest BCUT2D eigenvalue weighted by Crippen LogP contribution is -2.38. The number of anilines is 2. The standard InChI is InChI=1S/C24H33N3O4/c1-2-22(20-24(3-1)31-19-13-27-10-16-29-17-11-27)25-21-4-6-23(7-5-21)30-18-12-26-8-14-28-15-9-26/h1-7,20,25H,8-19H2. The zero-order valence-corrected chi connectivity index (χ0v) is 18.1. The lowest BCUT2D eigenvalue weighted by Gasteiger charge is -2.26.